The second kappa shape index (κ2) is 4.47. The molecule has 0 atom stereocenters. The molecule has 0 fully saturated rings. The SMILES string of the molecule is [CH]=CN(c1ccccc1)c1ccccc1. The van der Waals surface area contributed by atoms with Crippen LogP contribution < -0.4 is 4.90 Å². The molecule has 1 heteroatoms. The molecule has 0 saturated heterocycles. The van der Waals surface area contributed by atoms with Gasteiger partial charge in [0.2, 0.25) is 0 Å². The molecule has 0 amide bonds. The van der Waals surface area contributed by atoms with Gasteiger partial charge in [-0.25, -0.2) is 0 Å². The van der Waals surface area contributed by atoms with Crippen LogP contribution in [0.2, 0.25) is 0 Å². The summed E-state index contributed by atoms with van der Waals surface area (Å²) in [6.45, 7) is 5.64. The summed E-state index contributed by atoms with van der Waals surface area (Å²) in [6, 6.07) is 20.1. The van der Waals surface area contributed by atoms with Crippen LogP contribution in [0, 0.1) is 6.58 Å². The summed E-state index contributed by atoms with van der Waals surface area (Å²) in [5.41, 5.74) is 2.12. The van der Waals surface area contributed by atoms with E-state index in [0.29, 0.717) is 0 Å². The van der Waals surface area contributed by atoms with Gasteiger partial charge in [-0.05, 0) is 30.8 Å². The van der Waals surface area contributed by atoms with Crippen molar-refractivity contribution in [1.82, 2.24) is 0 Å². The summed E-state index contributed by atoms with van der Waals surface area (Å²) in [5.74, 6) is 0. The summed E-state index contributed by atoms with van der Waals surface area (Å²) < 4.78 is 0. The minimum Gasteiger partial charge on any atom is -0.317 e. The van der Waals surface area contributed by atoms with Crippen LogP contribution in [0.1, 0.15) is 0 Å². The molecule has 2 rings (SSSR count). The number of rotatable bonds is 3. The van der Waals surface area contributed by atoms with Crippen molar-refractivity contribution in [2.75, 3.05) is 4.90 Å². The van der Waals surface area contributed by atoms with Crippen LogP contribution in [0.3, 0.4) is 0 Å². The van der Waals surface area contributed by atoms with Crippen LogP contribution in [-0.2, 0) is 0 Å². The zero-order chi connectivity index (χ0) is 10.5. The fourth-order valence-electron chi connectivity index (χ4n) is 1.50. The standard InChI is InChI=1S/C14H12N/c1-2-15(13-9-5-3-6-10-13)14-11-7-4-8-12-14/h1-12H. The third kappa shape index (κ3) is 2.08. The number of hydrogen-bond acceptors (Lipinski definition) is 1. The van der Waals surface area contributed by atoms with Crippen LogP contribution in [0.5, 0.6) is 0 Å². The van der Waals surface area contributed by atoms with Crippen LogP contribution >= 0.6 is 0 Å². The summed E-state index contributed by atoms with van der Waals surface area (Å²) >= 11 is 0. The molecule has 0 aliphatic heterocycles. The van der Waals surface area contributed by atoms with Crippen LogP contribution in [0.25, 0.3) is 0 Å². The normalized spacial score (nSPS) is 9.60. The molecule has 73 valence electrons. The lowest BCUT2D eigenvalue weighted by molar-refractivity contribution is 1.29. The predicted molar refractivity (Wildman–Crippen MR) is 63.9 cm³/mol. The average molecular weight is 194 g/mol. The molecule has 1 nitrogen and oxygen atoms in total. The summed E-state index contributed by atoms with van der Waals surface area (Å²) in [5, 5.41) is 0. The second-order valence-electron chi connectivity index (χ2n) is 3.19. The monoisotopic (exact) mass is 194 g/mol. The van der Waals surface area contributed by atoms with Gasteiger partial charge in [0.15, 0.2) is 0 Å². The van der Waals surface area contributed by atoms with Gasteiger partial charge in [-0.1, -0.05) is 36.4 Å². The van der Waals surface area contributed by atoms with Gasteiger partial charge in [0, 0.05) is 17.6 Å². The van der Waals surface area contributed by atoms with Crippen molar-refractivity contribution in [2.24, 2.45) is 0 Å². The molecule has 1 radical (unpaired) electrons. The van der Waals surface area contributed by atoms with Crippen molar-refractivity contribution < 1.29 is 0 Å². The number of para-hydroxylation sites is 2. The van der Waals surface area contributed by atoms with E-state index in [4.69, 9.17) is 6.58 Å². The van der Waals surface area contributed by atoms with E-state index in [1.807, 2.05) is 65.6 Å². The largest absolute Gasteiger partial charge is 0.317 e. The third-order valence-electron chi connectivity index (χ3n) is 2.22. The van der Waals surface area contributed by atoms with E-state index in [1.165, 1.54) is 0 Å². The van der Waals surface area contributed by atoms with Crippen molar-refractivity contribution >= 4 is 11.4 Å². The van der Waals surface area contributed by atoms with Crippen molar-refractivity contribution in [3.8, 4) is 0 Å². The highest BCUT2D eigenvalue weighted by Gasteiger charge is 2.02. The topological polar surface area (TPSA) is 3.24 Å². The van der Waals surface area contributed by atoms with Gasteiger partial charge in [-0.15, -0.1) is 0 Å². The Morgan fingerprint density at radius 1 is 0.733 bits per heavy atom. The van der Waals surface area contributed by atoms with Gasteiger partial charge >= 0.3 is 0 Å². The molecular formula is C14H12N. The van der Waals surface area contributed by atoms with E-state index in [2.05, 4.69) is 0 Å². The average Bonchev–Trinajstić information content (AvgIpc) is 2.33. The van der Waals surface area contributed by atoms with Gasteiger partial charge in [-0.3, -0.25) is 0 Å². The van der Waals surface area contributed by atoms with Gasteiger partial charge in [0.1, 0.15) is 0 Å². The lowest BCUT2D eigenvalue weighted by atomic mass is 10.2. The molecule has 0 bridgehead atoms. The maximum Gasteiger partial charge on any atom is 0.0455 e. The van der Waals surface area contributed by atoms with Gasteiger partial charge in [0.25, 0.3) is 0 Å². The van der Waals surface area contributed by atoms with E-state index < -0.39 is 0 Å². The van der Waals surface area contributed by atoms with Crippen LogP contribution in [-0.4, -0.2) is 0 Å². The highest BCUT2D eigenvalue weighted by Crippen LogP contribution is 2.24. The molecule has 0 saturated carbocycles. The van der Waals surface area contributed by atoms with E-state index in [9.17, 15) is 0 Å². The Labute approximate surface area is 90.3 Å². The van der Waals surface area contributed by atoms with Crippen LogP contribution in [0.4, 0.5) is 11.4 Å². The van der Waals surface area contributed by atoms with E-state index in [-0.39, 0.29) is 0 Å². The quantitative estimate of drug-likeness (QED) is 0.718. The first-order valence-electron chi connectivity index (χ1n) is 4.86. The molecular weight excluding hydrogens is 182 g/mol. The molecule has 0 N–H and O–H groups in total. The van der Waals surface area contributed by atoms with E-state index >= 15 is 0 Å². The predicted octanol–water partition coefficient (Wildman–Crippen LogP) is 3.77. The highest BCUT2D eigenvalue weighted by atomic mass is 15.1. The Morgan fingerprint density at radius 3 is 1.47 bits per heavy atom. The highest BCUT2D eigenvalue weighted by molar-refractivity contribution is 5.65. The van der Waals surface area contributed by atoms with Gasteiger partial charge < -0.3 is 4.90 Å². The lowest BCUT2D eigenvalue weighted by Crippen LogP contribution is -2.06. The molecule has 0 heterocycles. The Hall–Kier alpha value is -2.02. The summed E-state index contributed by atoms with van der Waals surface area (Å²) in [7, 11) is 0. The number of hydrogen-bond donors (Lipinski definition) is 0. The van der Waals surface area contributed by atoms with Crippen molar-refractivity contribution in [1.29, 1.82) is 0 Å². The Morgan fingerprint density at radius 2 is 1.13 bits per heavy atom. The first kappa shape index (κ1) is 9.53. The second-order valence-corrected chi connectivity index (χ2v) is 3.19. The van der Waals surface area contributed by atoms with E-state index in [1.54, 1.807) is 6.20 Å². The number of benzene rings is 2. The Kier molecular flexibility index (Phi) is 2.84. The fourth-order valence-corrected chi connectivity index (χ4v) is 1.50. The van der Waals surface area contributed by atoms with Crippen molar-refractivity contribution in [2.45, 2.75) is 0 Å². The molecule has 0 aliphatic carbocycles. The molecule has 2 aromatic carbocycles. The summed E-state index contributed by atoms with van der Waals surface area (Å²) in [6.07, 6.45) is 1.57. The first-order valence-corrected chi connectivity index (χ1v) is 4.86. The number of anilines is 2. The third-order valence-corrected chi connectivity index (χ3v) is 2.22. The van der Waals surface area contributed by atoms with Crippen LogP contribution in [0.15, 0.2) is 66.9 Å². The van der Waals surface area contributed by atoms with Crippen molar-refractivity contribution in [3.63, 3.8) is 0 Å². The van der Waals surface area contributed by atoms with E-state index in [0.717, 1.165) is 11.4 Å². The minimum absolute atomic E-state index is 1.06. The molecule has 0 aliphatic rings. The maximum absolute atomic E-state index is 5.64. The zero-order valence-corrected chi connectivity index (χ0v) is 8.38. The molecule has 0 aromatic heterocycles. The van der Waals surface area contributed by atoms with Gasteiger partial charge in [0.05, 0.1) is 0 Å². The molecule has 2 aromatic rings. The molecule has 0 spiro atoms. The van der Waals surface area contributed by atoms with Crippen molar-refractivity contribution in [3.05, 3.63) is 73.4 Å². The maximum atomic E-state index is 5.64. The minimum atomic E-state index is 1.06. The smallest absolute Gasteiger partial charge is 0.0455 e. The Bertz CT molecular complexity index is 380. The number of nitrogens with zero attached hydrogens (tertiary/aromatic N) is 1. The fraction of sp³-hybridized carbons (Fsp3) is 0. The Balaban J connectivity index is 2.38. The molecule has 15 heavy (non-hydrogen) atoms. The van der Waals surface area contributed by atoms with Gasteiger partial charge in [-0.2, -0.15) is 0 Å². The zero-order valence-electron chi connectivity index (χ0n) is 8.38. The lowest BCUT2D eigenvalue weighted by Gasteiger charge is -2.19. The summed E-state index contributed by atoms with van der Waals surface area (Å²) in [4.78, 5) is 1.94. The molecule has 0 unspecified atom stereocenters. The first-order chi connectivity index (χ1) is 7.42.